The maximum atomic E-state index is 5.37. The van der Waals surface area contributed by atoms with Gasteiger partial charge in [0, 0.05) is 30.2 Å². The van der Waals surface area contributed by atoms with Crippen LogP contribution < -0.4 is 10.1 Å². The largest absolute Gasteiger partial charge is 0.495 e. The molecule has 0 saturated carbocycles. The maximum Gasteiger partial charge on any atom is 0.140 e. The van der Waals surface area contributed by atoms with Crippen LogP contribution in [0.25, 0.3) is 6.08 Å². The molecule has 1 rings (SSSR count). The summed E-state index contributed by atoms with van der Waals surface area (Å²) in [6, 6.07) is 3.99. The highest BCUT2D eigenvalue weighted by Crippen LogP contribution is 2.33. The third-order valence-electron chi connectivity index (χ3n) is 2.28. The Morgan fingerprint density at radius 1 is 1.28 bits per heavy atom. The number of hydrogen-bond acceptors (Lipinski definition) is 3. The fourth-order valence-corrected chi connectivity index (χ4v) is 2.89. The molecule has 0 radical (unpaired) electrons. The van der Waals surface area contributed by atoms with Gasteiger partial charge in [0.25, 0.3) is 0 Å². The minimum atomic E-state index is 0.722. The zero-order valence-corrected chi connectivity index (χ0v) is 13.7. The van der Waals surface area contributed by atoms with Crippen LogP contribution in [0.2, 0.25) is 0 Å². The molecule has 100 valence electrons. The van der Waals surface area contributed by atoms with E-state index in [0.717, 1.165) is 40.0 Å². The Morgan fingerprint density at radius 2 is 2.06 bits per heavy atom. The van der Waals surface area contributed by atoms with Crippen molar-refractivity contribution in [3.63, 3.8) is 0 Å². The first-order valence-corrected chi connectivity index (χ1v) is 7.17. The van der Waals surface area contributed by atoms with E-state index in [0.29, 0.717) is 0 Å². The zero-order valence-electron chi connectivity index (χ0n) is 10.5. The summed E-state index contributed by atoms with van der Waals surface area (Å²) >= 11 is 6.95. The van der Waals surface area contributed by atoms with Crippen molar-refractivity contribution in [2.45, 2.75) is 0 Å². The predicted octanol–water partition coefficient (Wildman–Crippen LogP) is 3.47. The quantitative estimate of drug-likeness (QED) is 0.737. The molecule has 0 aliphatic rings. The van der Waals surface area contributed by atoms with Crippen molar-refractivity contribution in [3.8, 4) is 5.75 Å². The van der Waals surface area contributed by atoms with Gasteiger partial charge in [0.05, 0.1) is 18.2 Å². The minimum Gasteiger partial charge on any atom is -0.495 e. The van der Waals surface area contributed by atoms with Crippen molar-refractivity contribution >= 4 is 37.9 Å². The van der Waals surface area contributed by atoms with Crippen LogP contribution in [-0.4, -0.2) is 33.9 Å². The van der Waals surface area contributed by atoms with E-state index < -0.39 is 0 Å². The summed E-state index contributed by atoms with van der Waals surface area (Å²) in [6.07, 6.45) is 4.10. The Labute approximate surface area is 125 Å². The molecule has 0 spiro atoms. The molecule has 0 atom stereocenters. The van der Waals surface area contributed by atoms with E-state index in [1.54, 1.807) is 14.2 Å². The summed E-state index contributed by atoms with van der Waals surface area (Å²) in [5.74, 6) is 0.839. The third kappa shape index (κ3) is 5.10. The molecular formula is C13H17Br2NO2. The first kappa shape index (κ1) is 15.7. The first-order valence-electron chi connectivity index (χ1n) is 5.58. The molecule has 3 nitrogen and oxygen atoms in total. The highest BCUT2D eigenvalue weighted by atomic mass is 79.9. The fraction of sp³-hybridized carbons (Fsp3) is 0.385. The number of methoxy groups -OCH3 is 2. The molecule has 0 bridgehead atoms. The molecule has 0 unspecified atom stereocenters. The van der Waals surface area contributed by atoms with Gasteiger partial charge in [0.15, 0.2) is 0 Å². The second-order valence-corrected chi connectivity index (χ2v) is 5.38. The summed E-state index contributed by atoms with van der Waals surface area (Å²) in [7, 11) is 3.36. The van der Waals surface area contributed by atoms with Gasteiger partial charge in [-0.05, 0) is 28.1 Å². The van der Waals surface area contributed by atoms with Crippen molar-refractivity contribution in [1.29, 1.82) is 0 Å². The van der Waals surface area contributed by atoms with E-state index >= 15 is 0 Å². The van der Waals surface area contributed by atoms with Crippen LogP contribution in [-0.2, 0) is 4.74 Å². The lowest BCUT2D eigenvalue weighted by molar-refractivity contribution is 0.200. The van der Waals surface area contributed by atoms with Crippen molar-refractivity contribution in [1.82, 2.24) is 5.32 Å². The van der Waals surface area contributed by atoms with Gasteiger partial charge >= 0.3 is 0 Å². The average Bonchev–Trinajstić information content (AvgIpc) is 2.33. The highest BCUT2D eigenvalue weighted by molar-refractivity contribution is 9.11. The molecule has 0 aromatic heterocycles. The summed E-state index contributed by atoms with van der Waals surface area (Å²) in [6.45, 7) is 2.37. The van der Waals surface area contributed by atoms with Gasteiger partial charge in [-0.1, -0.05) is 28.1 Å². The molecule has 0 amide bonds. The van der Waals surface area contributed by atoms with Crippen LogP contribution in [0.4, 0.5) is 0 Å². The van der Waals surface area contributed by atoms with Gasteiger partial charge in [-0.15, -0.1) is 0 Å². The summed E-state index contributed by atoms with van der Waals surface area (Å²) in [4.78, 5) is 0. The lowest BCUT2D eigenvalue weighted by Crippen LogP contribution is -2.18. The summed E-state index contributed by atoms with van der Waals surface area (Å²) in [5, 5.41) is 3.25. The number of benzene rings is 1. The van der Waals surface area contributed by atoms with Crippen molar-refractivity contribution < 1.29 is 9.47 Å². The van der Waals surface area contributed by atoms with Crippen LogP contribution in [0, 0.1) is 0 Å². The predicted molar refractivity (Wildman–Crippen MR) is 82.2 cm³/mol. The number of ether oxygens (including phenoxy) is 2. The van der Waals surface area contributed by atoms with Crippen LogP contribution >= 0.6 is 31.9 Å². The fourth-order valence-electron chi connectivity index (χ4n) is 1.46. The van der Waals surface area contributed by atoms with Crippen molar-refractivity contribution in [2.24, 2.45) is 0 Å². The van der Waals surface area contributed by atoms with Crippen LogP contribution in [0.1, 0.15) is 5.56 Å². The van der Waals surface area contributed by atoms with E-state index in [1.165, 1.54) is 0 Å². The molecule has 0 aliphatic heterocycles. The van der Waals surface area contributed by atoms with E-state index in [2.05, 4.69) is 43.3 Å². The number of hydrogen-bond donors (Lipinski definition) is 1. The zero-order chi connectivity index (χ0) is 13.4. The van der Waals surface area contributed by atoms with Gasteiger partial charge < -0.3 is 14.8 Å². The normalized spacial score (nSPS) is 11.1. The van der Waals surface area contributed by atoms with Gasteiger partial charge in [-0.25, -0.2) is 0 Å². The smallest absolute Gasteiger partial charge is 0.140 e. The standard InChI is InChI=1S/C13H17Br2NO2/c1-17-7-6-16-5-3-4-10-8-11(14)9-12(15)13(10)18-2/h3-4,8-9,16H,5-7H2,1-2H3. The van der Waals surface area contributed by atoms with E-state index in [1.807, 2.05) is 18.2 Å². The number of halogens is 2. The third-order valence-corrected chi connectivity index (χ3v) is 3.33. The monoisotopic (exact) mass is 377 g/mol. The second kappa shape index (κ2) is 8.69. The lowest BCUT2D eigenvalue weighted by atomic mass is 10.2. The molecule has 0 fully saturated rings. The summed E-state index contributed by atoms with van der Waals surface area (Å²) < 4.78 is 12.3. The van der Waals surface area contributed by atoms with Gasteiger partial charge in [-0.2, -0.15) is 0 Å². The van der Waals surface area contributed by atoms with Gasteiger partial charge in [0.1, 0.15) is 5.75 Å². The molecule has 1 aromatic rings. The molecule has 0 saturated heterocycles. The summed E-state index contributed by atoms with van der Waals surface area (Å²) in [5.41, 5.74) is 1.03. The van der Waals surface area contributed by atoms with E-state index in [4.69, 9.17) is 9.47 Å². The van der Waals surface area contributed by atoms with E-state index in [-0.39, 0.29) is 0 Å². The van der Waals surface area contributed by atoms with Crippen LogP contribution in [0.5, 0.6) is 5.75 Å². The van der Waals surface area contributed by atoms with Gasteiger partial charge in [0.2, 0.25) is 0 Å². The van der Waals surface area contributed by atoms with Crippen molar-refractivity contribution in [3.05, 3.63) is 32.7 Å². The second-order valence-electron chi connectivity index (χ2n) is 3.61. The van der Waals surface area contributed by atoms with Crippen LogP contribution in [0.3, 0.4) is 0 Å². The molecule has 1 aromatic carbocycles. The Hall–Kier alpha value is -0.360. The van der Waals surface area contributed by atoms with Gasteiger partial charge in [-0.3, -0.25) is 0 Å². The molecule has 0 aliphatic carbocycles. The number of nitrogens with one attached hydrogen (secondary N) is 1. The Kier molecular flexibility index (Phi) is 7.58. The minimum absolute atomic E-state index is 0.722. The molecular weight excluding hydrogens is 362 g/mol. The maximum absolute atomic E-state index is 5.37. The SMILES string of the molecule is COCCNCC=Cc1cc(Br)cc(Br)c1OC. The van der Waals surface area contributed by atoms with E-state index in [9.17, 15) is 0 Å². The lowest BCUT2D eigenvalue weighted by Gasteiger charge is -2.08. The average molecular weight is 379 g/mol. The highest BCUT2D eigenvalue weighted by Gasteiger charge is 2.06. The Balaban J connectivity index is 2.63. The molecule has 1 N–H and O–H groups in total. The Morgan fingerprint density at radius 3 is 2.72 bits per heavy atom. The topological polar surface area (TPSA) is 30.5 Å². The number of rotatable bonds is 7. The molecule has 18 heavy (non-hydrogen) atoms. The molecule has 0 heterocycles. The molecule has 5 heteroatoms. The van der Waals surface area contributed by atoms with Crippen molar-refractivity contribution in [2.75, 3.05) is 33.9 Å². The Bertz CT molecular complexity index is 408. The van der Waals surface area contributed by atoms with Crippen LogP contribution in [0.15, 0.2) is 27.2 Å². The first-order chi connectivity index (χ1) is 8.69.